The standard InChI is InChI=1S/C17H26O2/c1-3-13-19-16-10-8-15(9-11-16)17(18)12-6-5-7-14(17)4-2/h8-11,14,18H,3-7,12-13H2,1-2H3. The van der Waals surface area contributed by atoms with Gasteiger partial charge in [0.1, 0.15) is 5.75 Å². The minimum atomic E-state index is -0.629. The van der Waals surface area contributed by atoms with Gasteiger partial charge in [-0.15, -0.1) is 0 Å². The topological polar surface area (TPSA) is 29.5 Å². The van der Waals surface area contributed by atoms with E-state index < -0.39 is 5.60 Å². The van der Waals surface area contributed by atoms with E-state index in [1.807, 2.05) is 24.3 Å². The van der Waals surface area contributed by atoms with E-state index in [4.69, 9.17) is 4.74 Å². The van der Waals surface area contributed by atoms with Crippen molar-refractivity contribution in [3.05, 3.63) is 29.8 Å². The normalized spacial score (nSPS) is 27.2. The van der Waals surface area contributed by atoms with Gasteiger partial charge in [-0.1, -0.05) is 45.2 Å². The molecule has 2 heteroatoms. The molecule has 0 heterocycles. The molecule has 2 atom stereocenters. The third-order valence-corrected chi connectivity index (χ3v) is 4.36. The molecule has 0 amide bonds. The number of rotatable bonds is 5. The summed E-state index contributed by atoms with van der Waals surface area (Å²) in [4.78, 5) is 0. The fourth-order valence-electron chi connectivity index (χ4n) is 3.21. The number of hydrogen-bond donors (Lipinski definition) is 1. The van der Waals surface area contributed by atoms with Crippen LogP contribution in [0.5, 0.6) is 5.75 Å². The maximum atomic E-state index is 11.0. The highest BCUT2D eigenvalue weighted by Crippen LogP contribution is 2.43. The van der Waals surface area contributed by atoms with Crippen LogP contribution in [0.4, 0.5) is 0 Å². The monoisotopic (exact) mass is 262 g/mol. The molecule has 1 aliphatic rings. The van der Waals surface area contributed by atoms with E-state index in [1.165, 1.54) is 6.42 Å². The van der Waals surface area contributed by atoms with Crippen molar-refractivity contribution in [3.8, 4) is 5.75 Å². The van der Waals surface area contributed by atoms with E-state index in [0.717, 1.165) is 50.0 Å². The fourth-order valence-corrected chi connectivity index (χ4v) is 3.21. The Morgan fingerprint density at radius 3 is 2.58 bits per heavy atom. The summed E-state index contributed by atoms with van der Waals surface area (Å²) < 4.78 is 5.60. The zero-order chi connectivity index (χ0) is 13.7. The third-order valence-electron chi connectivity index (χ3n) is 4.36. The van der Waals surface area contributed by atoms with Crippen LogP contribution in [0.3, 0.4) is 0 Å². The molecular weight excluding hydrogens is 236 g/mol. The van der Waals surface area contributed by atoms with Gasteiger partial charge in [0.15, 0.2) is 0 Å². The van der Waals surface area contributed by atoms with Gasteiger partial charge in [0.05, 0.1) is 12.2 Å². The van der Waals surface area contributed by atoms with Crippen molar-refractivity contribution in [2.24, 2.45) is 5.92 Å². The molecule has 2 nitrogen and oxygen atoms in total. The van der Waals surface area contributed by atoms with E-state index in [9.17, 15) is 5.11 Å². The summed E-state index contributed by atoms with van der Waals surface area (Å²) in [6.45, 7) is 5.03. The van der Waals surface area contributed by atoms with E-state index in [2.05, 4.69) is 13.8 Å². The highest BCUT2D eigenvalue weighted by atomic mass is 16.5. The van der Waals surface area contributed by atoms with Crippen molar-refractivity contribution in [2.45, 2.75) is 58.0 Å². The zero-order valence-corrected chi connectivity index (χ0v) is 12.2. The number of ether oxygens (including phenoxy) is 1. The van der Waals surface area contributed by atoms with Crippen molar-refractivity contribution < 1.29 is 9.84 Å². The Balaban J connectivity index is 2.15. The molecule has 106 valence electrons. The van der Waals surface area contributed by atoms with Crippen molar-refractivity contribution in [1.82, 2.24) is 0 Å². The summed E-state index contributed by atoms with van der Waals surface area (Å²) >= 11 is 0. The highest BCUT2D eigenvalue weighted by molar-refractivity contribution is 5.31. The Kier molecular flexibility index (Phi) is 4.87. The molecule has 0 radical (unpaired) electrons. The highest BCUT2D eigenvalue weighted by Gasteiger charge is 2.39. The van der Waals surface area contributed by atoms with Crippen molar-refractivity contribution >= 4 is 0 Å². The predicted molar refractivity (Wildman–Crippen MR) is 78.4 cm³/mol. The van der Waals surface area contributed by atoms with Gasteiger partial charge < -0.3 is 9.84 Å². The summed E-state index contributed by atoms with van der Waals surface area (Å²) in [6.07, 6.45) is 6.47. The SMILES string of the molecule is CCCOc1ccc(C2(O)CCCCC2CC)cc1. The van der Waals surface area contributed by atoms with Gasteiger partial charge in [-0.3, -0.25) is 0 Å². The predicted octanol–water partition coefficient (Wildman–Crippen LogP) is 4.26. The lowest BCUT2D eigenvalue weighted by Crippen LogP contribution is -2.37. The van der Waals surface area contributed by atoms with Crippen molar-refractivity contribution in [3.63, 3.8) is 0 Å². The molecule has 1 aromatic carbocycles. The van der Waals surface area contributed by atoms with Gasteiger partial charge in [-0.25, -0.2) is 0 Å². The Hall–Kier alpha value is -1.02. The third kappa shape index (κ3) is 3.11. The van der Waals surface area contributed by atoms with E-state index in [1.54, 1.807) is 0 Å². The number of benzene rings is 1. The molecular formula is C17H26O2. The summed E-state index contributed by atoms with van der Waals surface area (Å²) in [5, 5.41) is 11.0. The first-order valence-electron chi connectivity index (χ1n) is 7.66. The molecule has 1 aliphatic carbocycles. The average Bonchev–Trinajstić information content (AvgIpc) is 2.46. The molecule has 0 aromatic heterocycles. The lowest BCUT2D eigenvalue weighted by atomic mass is 9.70. The Morgan fingerprint density at radius 1 is 1.21 bits per heavy atom. The average molecular weight is 262 g/mol. The van der Waals surface area contributed by atoms with E-state index in [0.29, 0.717) is 5.92 Å². The first-order valence-corrected chi connectivity index (χ1v) is 7.66. The second-order valence-electron chi connectivity index (χ2n) is 5.65. The zero-order valence-electron chi connectivity index (χ0n) is 12.2. The van der Waals surface area contributed by atoms with Crippen LogP contribution in [-0.2, 0) is 5.60 Å². The molecule has 0 saturated heterocycles. The molecule has 2 rings (SSSR count). The van der Waals surface area contributed by atoms with Crippen LogP contribution < -0.4 is 4.74 Å². The Morgan fingerprint density at radius 2 is 1.95 bits per heavy atom. The minimum Gasteiger partial charge on any atom is -0.494 e. The van der Waals surface area contributed by atoms with Gasteiger partial charge in [0.25, 0.3) is 0 Å². The quantitative estimate of drug-likeness (QED) is 0.859. The molecule has 0 bridgehead atoms. The Labute approximate surface area is 116 Å². The minimum absolute atomic E-state index is 0.392. The van der Waals surface area contributed by atoms with Gasteiger partial charge in [0, 0.05) is 0 Å². The van der Waals surface area contributed by atoms with Crippen LogP contribution >= 0.6 is 0 Å². The summed E-state index contributed by atoms with van der Waals surface area (Å²) in [7, 11) is 0. The van der Waals surface area contributed by atoms with E-state index >= 15 is 0 Å². The first-order chi connectivity index (χ1) is 9.20. The lowest BCUT2D eigenvalue weighted by Gasteiger charge is -2.40. The molecule has 1 aromatic rings. The number of hydrogen-bond acceptors (Lipinski definition) is 2. The maximum Gasteiger partial charge on any atom is 0.119 e. The second kappa shape index (κ2) is 6.42. The van der Waals surface area contributed by atoms with Gasteiger partial charge in [-0.2, -0.15) is 0 Å². The van der Waals surface area contributed by atoms with Gasteiger partial charge in [-0.05, 0) is 42.9 Å². The van der Waals surface area contributed by atoms with Crippen LogP contribution in [0, 0.1) is 5.92 Å². The van der Waals surface area contributed by atoms with Crippen molar-refractivity contribution in [2.75, 3.05) is 6.61 Å². The molecule has 1 fully saturated rings. The van der Waals surface area contributed by atoms with Gasteiger partial charge >= 0.3 is 0 Å². The maximum absolute atomic E-state index is 11.0. The van der Waals surface area contributed by atoms with Crippen LogP contribution in [-0.4, -0.2) is 11.7 Å². The van der Waals surface area contributed by atoms with Crippen LogP contribution in [0.25, 0.3) is 0 Å². The molecule has 2 unspecified atom stereocenters. The van der Waals surface area contributed by atoms with E-state index in [-0.39, 0.29) is 0 Å². The van der Waals surface area contributed by atoms with Crippen LogP contribution in [0.15, 0.2) is 24.3 Å². The smallest absolute Gasteiger partial charge is 0.119 e. The molecule has 1 saturated carbocycles. The Bertz CT molecular complexity index is 385. The summed E-state index contributed by atoms with van der Waals surface area (Å²) in [6, 6.07) is 8.06. The molecule has 0 spiro atoms. The van der Waals surface area contributed by atoms with Gasteiger partial charge in [0.2, 0.25) is 0 Å². The first kappa shape index (κ1) is 14.4. The fraction of sp³-hybridized carbons (Fsp3) is 0.647. The van der Waals surface area contributed by atoms with Crippen LogP contribution in [0.2, 0.25) is 0 Å². The number of aliphatic hydroxyl groups is 1. The molecule has 0 aliphatic heterocycles. The van der Waals surface area contributed by atoms with Crippen LogP contribution in [0.1, 0.15) is 57.9 Å². The van der Waals surface area contributed by atoms with Crippen molar-refractivity contribution in [1.29, 1.82) is 0 Å². The lowest BCUT2D eigenvalue weighted by molar-refractivity contribution is -0.0557. The summed E-state index contributed by atoms with van der Waals surface area (Å²) in [5.74, 6) is 1.29. The largest absolute Gasteiger partial charge is 0.494 e. The molecule has 19 heavy (non-hydrogen) atoms. The summed E-state index contributed by atoms with van der Waals surface area (Å²) in [5.41, 5.74) is 0.430. The molecule has 1 N–H and O–H groups in total. The second-order valence-corrected chi connectivity index (χ2v) is 5.65.